The second-order valence-corrected chi connectivity index (χ2v) is 8.28. The molecule has 0 unspecified atom stereocenters. The Morgan fingerprint density at radius 1 is 1.12 bits per heavy atom. The molecule has 1 saturated heterocycles. The Morgan fingerprint density at radius 3 is 2.53 bits per heavy atom. The summed E-state index contributed by atoms with van der Waals surface area (Å²) in [6.45, 7) is 1.68. The third kappa shape index (κ3) is 5.61. The van der Waals surface area contributed by atoms with Gasteiger partial charge in [-0.2, -0.15) is 13.2 Å². The van der Waals surface area contributed by atoms with Crippen LogP contribution in [0.25, 0.3) is 0 Å². The monoisotopic (exact) mass is 462 g/mol. The Labute approximate surface area is 187 Å². The van der Waals surface area contributed by atoms with Crippen molar-refractivity contribution in [2.45, 2.75) is 36.5 Å². The molecule has 1 N–H and O–H groups in total. The van der Waals surface area contributed by atoms with E-state index >= 15 is 0 Å². The zero-order valence-electron chi connectivity index (χ0n) is 17.1. The van der Waals surface area contributed by atoms with Gasteiger partial charge < -0.3 is 14.6 Å². The fraction of sp³-hybridized carbons (Fsp3) is 0.318. The number of hydrogen-bond donors (Lipinski definition) is 1. The Hall–Kier alpha value is -3.01. The molecule has 4 rings (SSSR count). The normalized spacial score (nSPS) is 14.0. The molecule has 2 aromatic heterocycles. The van der Waals surface area contributed by atoms with Crippen LogP contribution in [0.2, 0.25) is 0 Å². The van der Waals surface area contributed by atoms with Gasteiger partial charge in [-0.3, -0.25) is 4.79 Å². The Balaban J connectivity index is 1.40. The summed E-state index contributed by atoms with van der Waals surface area (Å²) in [6.07, 6.45) is -1.11. The average Bonchev–Trinajstić information content (AvgIpc) is 3.50. The van der Waals surface area contributed by atoms with Gasteiger partial charge in [0.05, 0.1) is 12.8 Å². The first-order valence-electron chi connectivity index (χ1n) is 10.1. The van der Waals surface area contributed by atoms with Crippen molar-refractivity contribution < 1.29 is 22.4 Å². The summed E-state index contributed by atoms with van der Waals surface area (Å²) in [6, 6.07) is 11.4. The second-order valence-electron chi connectivity index (χ2n) is 7.33. The molecule has 0 saturated carbocycles. The van der Waals surface area contributed by atoms with Crippen molar-refractivity contribution in [1.29, 1.82) is 0 Å². The number of thioether (sulfide) groups is 1. The molecule has 6 nitrogen and oxygen atoms in total. The number of halogens is 3. The van der Waals surface area contributed by atoms with E-state index in [-0.39, 0.29) is 17.6 Å². The number of carbonyl (C=O) groups is 1. The zero-order chi connectivity index (χ0) is 22.6. The minimum atomic E-state index is -4.53. The van der Waals surface area contributed by atoms with E-state index in [1.807, 2.05) is 4.90 Å². The van der Waals surface area contributed by atoms with Gasteiger partial charge in [-0.25, -0.2) is 9.97 Å². The Kier molecular flexibility index (Phi) is 6.69. The van der Waals surface area contributed by atoms with Crippen LogP contribution >= 0.6 is 11.8 Å². The predicted molar refractivity (Wildman–Crippen MR) is 114 cm³/mol. The number of carbonyl (C=O) groups excluding carboxylic acids is 1. The van der Waals surface area contributed by atoms with Gasteiger partial charge in [-0.05, 0) is 42.7 Å². The fourth-order valence-electron chi connectivity index (χ4n) is 3.31. The highest BCUT2D eigenvalue weighted by Crippen LogP contribution is 2.33. The van der Waals surface area contributed by atoms with Gasteiger partial charge in [0, 0.05) is 30.5 Å². The molecule has 168 valence electrons. The Bertz CT molecular complexity index is 1050. The topological polar surface area (TPSA) is 71.3 Å². The van der Waals surface area contributed by atoms with E-state index in [0.717, 1.165) is 36.2 Å². The number of anilines is 1. The van der Waals surface area contributed by atoms with E-state index in [9.17, 15) is 18.0 Å². The van der Waals surface area contributed by atoms with Crippen LogP contribution in [0.5, 0.6) is 0 Å². The first-order valence-corrected chi connectivity index (χ1v) is 11.1. The molecule has 10 heteroatoms. The number of rotatable bonds is 7. The molecule has 3 heterocycles. The van der Waals surface area contributed by atoms with Crippen LogP contribution in [0.3, 0.4) is 0 Å². The fourth-order valence-corrected chi connectivity index (χ4v) is 4.12. The third-order valence-electron chi connectivity index (χ3n) is 5.00. The van der Waals surface area contributed by atoms with Crippen LogP contribution in [-0.2, 0) is 18.5 Å². The highest BCUT2D eigenvalue weighted by molar-refractivity contribution is 7.98. The largest absolute Gasteiger partial charge is 0.467 e. The first kappa shape index (κ1) is 22.2. The molecule has 1 aliphatic rings. The van der Waals surface area contributed by atoms with Crippen LogP contribution in [0.4, 0.5) is 19.0 Å². The Morgan fingerprint density at radius 2 is 1.88 bits per heavy atom. The predicted octanol–water partition coefficient (Wildman–Crippen LogP) is 4.91. The minimum absolute atomic E-state index is 0.0852. The number of hydrogen-bond acceptors (Lipinski definition) is 6. The summed E-state index contributed by atoms with van der Waals surface area (Å²) in [5.41, 5.74) is 0.402. The summed E-state index contributed by atoms with van der Waals surface area (Å²) in [4.78, 5) is 22.2. The van der Waals surface area contributed by atoms with E-state index in [1.54, 1.807) is 36.4 Å². The zero-order valence-corrected chi connectivity index (χ0v) is 17.9. The maximum absolute atomic E-state index is 13.3. The molecule has 0 bridgehead atoms. The van der Waals surface area contributed by atoms with Gasteiger partial charge >= 0.3 is 6.18 Å². The van der Waals surface area contributed by atoms with Gasteiger partial charge in [0.25, 0.3) is 5.91 Å². The van der Waals surface area contributed by atoms with E-state index in [0.29, 0.717) is 36.0 Å². The number of benzene rings is 1. The van der Waals surface area contributed by atoms with E-state index < -0.39 is 11.9 Å². The van der Waals surface area contributed by atoms with Crippen LogP contribution < -0.4 is 10.2 Å². The molecule has 0 spiro atoms. The van der Waals surface area contributed by atoms with E-state index in [2.05, 4.69) is 15.3 Å². The lowest BCUT2D eigenvalue weighted by molar-refractivity contribution is -0.141. The molecule has 1 amide bonds. The smallest absolute Gasteiger partial charge is 0.433 e. The standard InChI is InChI=1S/C22H21F3N4O2S/c23-22(24,25)18-12-19(29-9-1-2-10-29)28-21(27-18)32-14-15-5-7-16(8-6-15)20(30)26-13-17-4-3-11-31-17/h3-8,11-12H,1-2,9-10,13-14H2,(H,26,30). The molecule has 32 heavy (non-hydrogen) atoms. The van der Waals surface area contributed by atoms with Crippen molar-refractivity contribution in [1.82, 2.24) is 15.3 Å². The molecule has 3 aromatic rings. The number of nitrogens with zero attached hydrogens (tertiary/aromatic N) is 3. The second kappa shape index (κ2) is 9.64. The lowest BCUT2D eigenvalue weighted by atomic mass is 10.1. The average molecular weight is 462 g/mol. The van der Waals surface area contributed by atoms with Crippen molar-refractivity contribution in [2.24, 2.45) is 0 Å². The number of nitrogens with one attached hydrogen (secondary N) is 1. The molecular formula is C22H21F3N4O2S. The SMILES string of the molecule is O=C(NCc1ccco1)c1ccc(CSc2nc(N3CCCC3)cc(C(F)(F)F)n2)cc1. The first-order chi connectivity index (χ1) is 15.4. The summed E-state index contributed by atoms with van der Waals surface area (Å²) in [7, 11) is 0. The molecule has 0 radical (unpaired) electrons. The van der Waals surface area contributed by atoms with Crippen LogP contribution in [0.15, 0.2) is 58.3 Å². The van der Waals surface area contributed by atoms with Gasteiger partial charge in [-0.1, -0.05) is 23.9 Å². The minimum Gasteiger partial charge on any atom is -0.467 e. The van der Waals surface area contributed by atoms with E-state index in [1.165, 1.54) is 6.26 Å². The van der Waals surface area contributed by atoms with Crippen molar-refractivity contribution in [3.05, 3.63) is 71.3 Å². The lowest BCUT2D eigenvalue weighted by Crippen LogP contribution is -2.22. The highest BCUT2D eigenvalue weighted by atomic mass is 32.2. The van der Waals surface area contributed by atoms with Crippen molar-refractivity contribution in [2.75, 3.05) is 18.0 Å². The van der Waals surface area contributed by atoms with Crippen LogP contribution in [-0.4, -0.2) is 29.0 Å². The molecule has 1 fully saturated rings. The van der Waals surface area contributed by atoms with Gasteiger partial charge in [0.15, 0.2) is 10.9 Å². The van der Waals surface area contributed by atoms with Crippen molar-refractivity contribution >= 4 is 23.5 Å². The third-order valence-corrected chi connectivity index (χ3v) is 5.92. The maximum Gasteiger partial charge on any atom is 0.433 e. The van der Waals surface area contributed by atoms with Crippen LogP contribution in [0.1, 0.15) is 40.2 Å². The maximum atomic E-state index is 13.3. The summed E-state index contributed by atoms with van der Waals surface area (Å²) in [5.74, 6) is 1.11. The molecule has 1 aromatic carbocycles. The molecule has 1 aliphatic heterocycles. The number of aromatic nitrogens is 2. The van der Waals surface area contributed by atoms with Gasteiger partial charge in [-0.15, -0.1) is 0 Å². The van der Waals surface area contributed by atoms with E-state index in [4.69, 9.17) is 4.42 Å². The van der Waals surface area contributed by atoms with Gasteiger partial charge in [0.1, 0.15) is 11.6 Å². The summed E-state index contributed by atoms with van der Waals surface area (Å²) < 4.78 is 45.1. The summed E-state index contributed by atoms with van der Waals surface area (Å²) >= 11 is 1.14. The summed E-state index contributed by atoms with van der Waals surface area (Å²) in [5, 5.41) is 2.85. The lowest BCUT2D eigenvalue weighted by Gasteiger charge is -2.18. The molecule has 0 aliphatic carbocycles. The van der Waals surface area contributed by atoms with Crippen molar-refractivity contribution in [3.63, 3.8) is 0 Å². The quantitative estimate of drug-likeness (QED) is 0.397. The number of amides is 1. The van der Waals surface area contributed by atoms with Crippen molar-refractivity contribution in [3.8, 4) is 0 Å². The number of alkyl halides is 3. The van der Waals surface area contributed by atoms with Crippen LogP contribution in [0, 0.1) is 0 Å². The van der Waals surface area contributed by atoms with Gasteiger partial charge in [0.2, 0.25) is 0 Å². The molecule has 0 atom stereocenters. The molecular weight excluding hydrogens is 441 g/mol. The number of furan rings is 1. The highest BCUT2D eigenvalue weighted by Gasteiger charge is 2.34.